The zero-order valence-corrected chi connectivity index (χ0v) is 14.9. The molecule has 1 amide bonds. The molecule has 1 aromatic rings. The highest BCUT2D eigenvalue weighted by Gasteiger charge is 2.25. The monoisotopic (exact) mass is 338 g/mol. The van der Waals surface area contributed by atoms with Crippen molar-refractivity contribution in [3.63, 3.8) is 0 Å². The molecule has 23 heavy (non-hydrogen) atoms. The van der Waals surface area contributed by atoms with Crippen molar-refractivity contribution in [3.05, 3.63) is 29.8 Å². The SMILES string of the molecule is CCNS(=O)(=O)c1ccc(CC(=O)N2CCC(C)C(C)C2)cc1. The summed E-state index contributed by atoms with van der Waals surface area (Å²) < 4.78 is 26.2. The molecule has 0 spiro atoms. The highest BCUT2D eigenvalue weighted by Crippen LogP contribution is 2.23. The van der Waals surface area contributed by atoms with E-state index < -0.39 is 10.0 Å². The minimum absolute atomic E-state index is 0.117. The minimum Gasteiger partial charge on any atom is -0.342 e. The Morgan fingerprint density at radius 2 is 1.87 bits per heavy atom. The van der Waals surface area contributed by atoms with Gasteiger partial charge in [-0.1, -0.05) is 32.9 Å². The number of nitrogens with one attached hydrogen (secondary N) is 1. The first-order chi connectivity index (χ1) is 10.8. The van der Waals surface area contributed by atoms with Crippen LogP contribution < -0.4 is 4.72 Å². The fourth-order valence-corrected chi connectivity index (χ4v) is 3.88. The zero-order chi connectivity index (χ0) is 17.0. The summed E-state index contributed by atoms with van der Waals surface area (Å²) in [5.41, 5.74) is 0.844. The van der Waals surface area contributed by atoms with E-state index in [0.717, 1.165) is 25.1 Å². The predicted octanol–water partition coefficient (Wildman–Crippen LogP) is 2.03. The molecule has 1 aliphatic rings. The summed E-state index contributed by atoms with van der Waals surface area (Å²) >= 11 is 0. The number of carbonyl (C=O) groups excluding carboxylic acids is 1. The van der Waals surface area contributed by atoms with Gasteiger partial charge in [0.05, 0.1) is 11.3 Å². The van der Waals surface area contributed by atoms with Crippen LogP contribution in [0.15, 0.2) is 29.2 Å². The van der Waals surface area contributed by atoms with Crippen LogP contribution >= 0.6 is 0 Å². The number of hydrogen-bond donors (Lipinski definition) is 1. The molecule has 0 radical (unpaired) electrons. The molecular weight excluding hydrogens is 312 g/mol. The van der Waals surface area contributed by atoms with Crippen LogP contribution in [0, 0.1) is 11.8 Å². The van der Waals surface area contributed by atoms with Crippen LogP contribution in [-0.4, -0.2) is 38.9 Å². The zero-order valence-electron chi connectivity index (χ0n) is 14.1. The van der Waals surface area contributed by atoms with Gasteiger partial charge in [0.2, 0.25) is 15.9 Å². The van der Waals surface area contributed by atoms with Crippen LogP contribution in [0.1, 0.15) is 32.8 Å². The van der Waals surface area contributed by atoms with E-state index in [4.69, 9.17) is 0 Å². The fraction of sp³-hybridized carbons (Fsp3) is 0.588. The van der Waals surface area contributed by atoms with Gasteiger partial charge in [0.25, 0.3) is 0 Å². The molecule has 0 aromatic heterocycles. The lowest BCUT2D eigenvalue weighted by atomic mass is 9.88. The maximum absolute atomic E-state index is 12.4. The van der Waals surface area contributed by atoms with Crippen LogP contribution in [-0.2, 0) is 21.2 Å². The van der Waals surface area contributed by atoms with Crippen molar-refractivity contribution >= 4 is 15.9 Å². The maximum atomic E-state index is 12.4. The normalized spacial score (nSPS) is 22.1. The Morgan fingerprint density at radius 3 is 2.43 bits per heavy atom. The first-order valence-corrected chi connectivity index (χ1v) is 9.68. The first-order valence-electron chi connectivity index (χ1n) is 8.20. The van der Waals surface area contributed by atoms with E-state index in [-0.39, 0.29) is 10.8 Å². The second kappa shape index (κ2) is 7.45. The Bertz CT molecular complexity index is 640. The second-order valence-electron chi connectivity index (χ2n) is 6.41. The van der Waals surface area contributed by atoms with E-state index in [1.165, 1.54) is 0 Å². The number of hydrogen-bond acceptors (Lipinski definition) is 3. The molecule has 2 rings (SSSR count). The van der Waals surface area contributed by atoms with Crippen LogP contribution in [0.25, 0.3) is 0 Å². The van der Waals surface area contributed by atoms with Crippen LogP contribution in [0.2, 0.25) is 0 Å². The number of sulfonamides is 1. The van der Waals surface area contributed by atoms with Gasteiger partial charge in [0, 0.05) is 19.6 Å². The molecule has 128 valence electrons. The number of nitrogens with zero attached hydrogens (tertiary/aromatic N) is 1. The number of amides is 1. The molecule has 1 heterocycles. The summed E-state index contributed by atoms with van der Waals surface area (Å²) in [5.74, 6) is 1.31. The van der Waals surface area contributed by atoms with Crippen molar-refractivity contribution in [2.45, 2.75) is 38.5 Å². The van der Waals surface area contributed by atoms with E-state index >= 15 is 0 Å². The third-order valence-electron chi connectivity index (χ3n) is 4.61. The van der Waals surface area contributed by atoms with Gasteiger partial charge in [-0.3, -0.25) is 4.79 Å². The molecule has 0 saturated carbocycles. The second-order valence-corrected chi connectivity index (χ2v) is 8.17. The molecule has 2 unspecified atom stereocenters. The third-order valence-corrected chi connectivity index (χ3v) is 6.17. The molecule has 2 atom stereocenters. The highest BCUT2D eigenvalue weighted by molar-refractivity contribution is 7.89. The molecule has 6 heteroatoms. The maximum Gasteiger partial charge on any atom is 0.240 e. The molecule has 1 fully saturated rings. The topological polar surface area (TPSA) is 66.5 Å². The Balaban J connectivity index is 2.00. The van der Waals surface area contributed by atoms with E-state index in [9.17, 15) is 13.2 Å². The lowest BCUT2D eigenvalue weighted by Crippen LogP contribution is -2.42. The number of rotatable bonds is 5. The smallest absolute Gasteiger partial charge is 0.240 e. The molecule has 1 aliphatic heterocycles. The molecule has 1 saturated heterocycles. The van der Waals surface area contributed by atoms with Crippen molar-refractivity contribution in [2.24, 2.45) is 11.8 Å². The summed E-state index contributed by atoms with van der Waals surface area (Å²) in [7, 11) is -3.43. The van der Waals surface area contributed by atoms with Crippen molar-refractivity contribution in [1.82, 2.24) is 9.62 Å². The predicted molar refractivity (Wildman–Crippen MR) is 90.5 cm³/mol. The lowest BCUT2D eigenvalue weighted by Gasteiger charge is -2.35. The molecular formula is C17H26N2O3S. The van der Waals surface area contributed by atoms with Gasteiger partial charge in [-0.15, -0.1) is 0 Å². The van der Waals surface area contributed by atoms with Gasteiger partial charge in [-0.25, -0.2) is 13.1 Å². The number of likely N-dealkylation sites (tertiary alicyclic amines) is 1. The molecule has 1 N–H and O–H groups in total. The Morgan fingerprint density at radius 1 is 1.22 bits per heavy atom. The van der Waals surface area contributed by atoms with Crippen molar-refractivity contribution in [1.29, 1.82) is 0 Å². The molecule has 0 bridgehead atoms. The van der Waals surface area contributed by atoms with Gasteiger partial charge in [-0.2, -0.15) is 0 Å². The lowest BCUT2D eigenvalue weighted by molar-refractivity contribution is -0.132. The Hall–Kier alpha value is -1.40. The number of benzene rings is 1. The average Bonchev–Trinajstić information content (AvgIpc) is 2.50. The first kappa shape index (κ1) is 17.9. The minimum atomic E-state index is -3.43. The average molecular weight is 338 g/mol. The summed E-state index contributed by atoms with van der Waals surface area (Å²) in [6.45, 7) is 8.14. The standard InChI is InChI=1S/C17H26N2O3S/c1-4-18-23(21,22)16-7-5-15(6-8-16)11-17(20)19-10-9-13(2)14(3)12-19/h5-8,13-14,18H,4,9-12H2,1-3H3. The van der Waals surface area contributed by atoms with Gasteiger partial charge < -0.3 is 4.90 Å². The summed E-state index contributed by atoms with van der Waals surface area (Å²) in [6, 6.07) is 6.55. The van der Waals surface area contributed by atoms with E-state index in [0.29, 0.717) is 24.8 Å². The molecule has 0 aliphatic carbocycles. The van der Waals surface area contributed by atoms with E-state index in [1.54, 1.807) is 31.2 Å². The van der Waals surface area contributed by atoms with E-state index in [2.05, 4.69) is 18.6 Å². The Kier molecular flexibility index (Phi) is 5.81. The third kappa shape index (κ3) is 4.54. The Labute approximate surface area is 139 Å². The summed E-state index contributed by atoms with van der Waals surface area (Å²) in [6.07, 6.45) is 1.37. The quantitative estimate of drug-likeness (QED) is 0.893. The molecule has 1 aromatic carbocycles. The number of carbonyl (C=O) groups is 1. The van der Waals surface area contributed by atoms with E-state index in [1.807, 2.05) is 4.90 Å². The fourth-order valence-electron chi connectivity index (χ4n) is 2.84. The van der Waals surface area contributed by atoms with Gasteiger partial charge in [-0.05, 0) is 36.0 Å². The van der Waals surface area contributed by atoms with Crippen LogP contribution in [0.5, 0.6) is 0 Å². The number of piperidine rings is 1. The van der Waals surface area contributed by atoms with Gasteiger partial charge in [0.1, 0.15) is 0 Å². The summed E-state index contributed by atoms with van der Waals surface area (Å²) in [5, 5.41) is 0. The molecule has 5 nitrogen and oxygen atoms in total. The largest absolute Gasteiger partial charge is 0.342 e. The highest BCUT2D eigenvalue weighted by atomic mass is 32.2. The van der Waals surface area contributed by atoms with Gasteiger partial charge in [0.15, 0.2) is 0 Å². The van der Waals surface area contributed by atoms with Crippen LogP contribution in [0.3, 0.4) is 0 Å². The van der Waals surface area contributed by atoms with Crippen molar-refractivity contribution in [3.8, 4) is 0 Å². The van der Waals surface area contributed by atoms with Gasteiger partial charge >= 0.3 is 0 Å². The summed E-state index contributed by atoms with van der Waals surface area (Å²) in [4.78, 5) is 14.6. The van der Waals surface area contributed by atoms with Crippen molar-refractivity contribution in [2.75, 3.05) is 19.6 Å². The van der Waals surface area contributed by atoms with Crippen molar-refractivity contribution < 1.29 is 13.2 Å². The van der Waals surface area contributed by atoms with Crippen LogP contribution in [0.4, 0.5) is 0 Å².